The number of thiazole rings is 1. The van der Waals surface area contributed by atoms with Crippen LogP contribution in [-0.4, -0.2) is 43.3 Å². The number of benzene rings is 2. The van der Waals surface area contributed by atoms with Crippen molar-refractivity contribution >= 4 is 54.9 Å². The number of hydrogen-bond acceptors (Lipinski definition) is 7. The molecule has 0 unspecified atom stereocenters. The van der Waals surface area contributed by atoms with Gasteiger partial charge in [0.2, 0.25) is 0 Å². The molecule has 0 N–H and O–H groups in total. The molecule has 0 bridgehead atoms. The second kappa shape index (κ2) is 9.66. The number of nitrogens with zero attached hydrogens (tertiary/aromatic N) is 2. The van der Waals surface area contributed by atoms with Crippen LogP contribution in [-0.2, 0) is 30.7 Å². The molecule has 8 nitrogen and oxygen atoms in total. The summed E-state index contributed by atoms with van der Waals surface area (Å²) in [5, 5.41) is 0.537. The lowest BCUT2D eigenvalue weighted by atomic mass is 10.1. The third kappa shape index (κ3) is 6.01. The number of rotatable bonds is 7. The third-order valence-corrected chi connectivity index (χ3v) is 6.98. The summed E-state index contributed by atoms with van der Waals surface area (Å²) in [7, 11) is -3.43. The highest BCUT2D eigenvalue weighted by atomic mass is 35.5. The lowest BCUT2D eigenvalue weighted by Gasteiger charge is -2.22. The van der Waals surface area contributed by atoms with Crippen LogP contribution in [0, 0.1) is 0 Å². The average molecular weight is 511 g/mol. The van der Waals surface area contributed by atoms with E-state index in [1.807, 2.05) is 0 Å². The Morgan fingerprint density at radius 3 is 2.42 bits per heavy atom. The molecule has 0 radical (unpaired) electrons. The molecule has 0 aliphatic rings. The molecule has 0 aliphatic heterocycles. The summed E-state index contributed by atoms with van der Waals surface area (Å²) in [6.45, 7) is 4.87. The fourth-order valence-corrected chi connectivity index (χ4v) is 4.84. The monoisotopic (exact) mass is 510 g/mol. The normalized spacial score (nSPS) is 12.7. The Hall–Kier alpha value is -2.69. The summed E-state index contributed by atoms with van der Waals surface area (Å²) >= 11 is 6.99. The molecule has 2 aromatic carbocycles. The highest BCUT2D eigenvalue weighted by molar-refractivity contribution is 7.90. The van der Waals surface area contributed by atoms with Crippen LogP contribution in [0.4, 0.5) is 0 Å². The number of amides is 1. The number of ether oxygens (including phenoxy) is 2. The Kier molecular flexibility index (Phi) is 7.30. The van der Waals surface area contributed by atoms with Crippen LogP contribution in [0.1, 0.15) is 20.8 Å². The van der Waals surface area contributed by atoms with Gasteiger partial charge in [-0.1, -0.05) is 22.9 Å². The van der Waals surface area contributed by atoms with E-state index in [9.17, 15) is 18.0 Å². The Labute approximate surface area is 200 Å². The number of fused-ring (bicyclic) bond motifs is 1. The summed E-state index contributed by atoms with van der Waals surface area (Å²) in [4.78, 5) is 29.8. The Morgan fingerprint density at radius 2 is 1.82 bits per heavy atom. The van der Waals surface area contributed by atoms with Gasteiger partial charge in [-0.05, 0) is 63.2 Å². The molecule has 1 amide bonds. The first-order chi connectivity index (χ1) is 15.4. The van der Waals surface area contributed by atoms with Crippen molar-refractivity contribution < 1.29 is 27.5 Å². The van der Waals surface area contributed by atoms with Gasteiger partial charge in [0, 0.05) is 11.3 Å². The minimum atomic E-state index is -3.43. The SMILES string of the molecule is CCOC(=O)Cn1c(=NC(=O)C(C)(C)Oc2ccc(Cl)cc2)sc2cc(S(C)(=O)=O)ccc21. The van der Waals surface area contributed by atoms with E-state index in [-0.39, 0.29) is 22.8 Å². The number of esters is 1. The fraction of sp³-hybridized carbons (Fsp3) is 0.318. The third-order valence-electron chi connectivity index (χ3n) is 4.57. The zero-order chi connectivity index (χ0) is 24.4. The van der Waals surface area contributed by atoms with E-state index in [4.69, 9.17) is 21.1 Å². The van der Waals surface area contributed by atoms with Gasteiger partial charge >= 0.3 is 5.97 Å². The molecule has 0 saturated heterocycles. The first kappa shape index (κ1) is 24.9. The molecule has 0 fully saturated rings. The van der Waals surface area contributed by atoms with E-state index in [0.717, 1.165) is 17.6 Å². The smallest absolute Gasteiger partial charge is 0.326 e. The van der Waals surface area contributed by atoms with E-state index in [1.165, 1.54) is 16.7 Å². The summed E-state index contributed by atoms with van der Waals surface area (Å²) in [5.41, 5.74) is -0.757. The summed E-state index contributed by atoms with van der Waals surface area (Å²) in [6, 6.07) is 11.1. The maximum absolute atomic E-state index is 13.0. The highest BCUT2D eigenvalue weighted by Gasteiger charge is 2.30. The minimum Gasteiger partial charge on any atom is -0.478 e. The zero-order valence-corrected chi connectivity index (χ0v) is 20.9. The van der Waals surface area contributed by atoms with Crippen molar-refractivity contribution in [1.29, 1.82) is 0 Å². The largest absolute Gasteiger partial charge is 0.478 e. The van der Waals surface area contributed by atoms with Gasteiger partial charge in [0.05, 0.1) is 21.7 Å². The predicted octanol–water partition coefficient (Wildman–Crippen LogP) is 3.61. The maximum atomic E-state index is 13.0. The molecule has 0 atom stereocenters. The van der Waals surface area contributed by atoms with Gasteiger partial charge in [-0.15, -0.1) is 0 Å². The van der Waals surface area contributed by atoms with Gasteiger partial charge in [0.15, 0.2) is 20.2 Å². The van der Waals surface area contributed by atoms with Gasteiger partial charge in [-0.3, -0.25) is 9.59 Å². The van der Waals surface area contributed by atoms with Crippen molar-refractivity contribution in [2.75, 3.05) is 12.9 Å². The number of carbonyl (C=O) groups is 2. The molecule has 0 spiro atoms. The van der Waals surface area contributed by atoms with Crippen LogP contribution in [0.5, 0.6) is 5.75 Å². The number of aromatic nitrogens is 1. The van der Waals surface area contributed by atoms with Crippen molar-refractivity contribution in [2.24, 2.45) is 4.99 Å². The van der Waals surface area contributed by atoms with Crippen LogP contribution >= 0.6 is 22.9 Å². The van der Waals surface area contributed by atoms with Crippen molar-refractivity contribution in [2.45, 2.75) is 37.8 Å². The molecular weight excluding hydrogens is 488 g/mol. The standard InChI is InChI=1S/C22H23ClN2O6S2/c1-5-30-19(26)13-25-17-11-10-16(33(4,28)29)12-18(17)32-21(25)24-20(27)22(2,3)31-15-8-6-14(23)7-9-15/h6-12H,5,13H2,1-4H3. The molecule has 3 aromatic rings. The van der Waals surface area contributed by atoms with Crippen LogP contribution < -0.4 is 9.54 Å². The summed E-state index contributed by atoms with van der Waals surface area (Å²) in [5.74, 6) is -0.638. The molecule has 1 heterocycles. The van der Waals surface area contributed by atoms with E-state index in [2.05, 4.69) is 4.99 Å². The van der Waals surface area contributed by atoms with Crippen molar-refractivity contribution in [3.05, 3.63) is 52.3 Å². The molecule has 3 rings (SSSR count). The molecule has 1 aromatic heterocycles. The minimum absolute atomic E-state index is 0.129. The Morgan fingerprint density at radius 1 is 1.15 bits per heavy atom. The lowest BCUT2D eigenvalue weighted by molar-refractivity contribution is -0.143. The van der Waals surface area contributed by atoms with Gasteiger partial charge in [0.25, 0.3) is 5.91 Å². The first-order valence-electron chi connectivity index (χ1n) is 9.93. The van der Waals surface area contributed by atoms with Crippen LogP contribution in [0.2, 0.25) is 5.02 Å². The molecule has 0 aliphatic carbocycles. The van der Waals surface area contributed by atoms with Gasteiger partial charge in [-0.25, -0.2) is 8.42 Å². The van der Waals surface area contributed by atoms with E-state index in [1.54, 1.807) is 51.1 Å². The van der Waals surface area contributed by atoms with Crippen molar-refractivity contribution in [3.63, 3.8) is 0 Å². The maximum Gasteiger partial charge on any atom is 0.326 e. The van der Waals surface area contributed by atoms with Gasteiger partial charge in [0.1, 0.15) is 12.3 Å². The molecule has 33 heavy (non-hydrogen) atoms. The number of carbonyl (C=O) groups excluding carboxylic acids is 2. The number of sulfone groups is 1. The predicted molar refractivity (Wildman–Crippen MR) is 126 cm³/mol. The fourth-order valence-electron chi connectivity index (χ4n) is 2.92. The van der Waals surface area contributed by atoms with Gasteiger partial charge in [-0.2, -0.15) is 4.99 Å². The molecule has 0 saturated carbocycles. The topological polar surface area (TPSA) is 104 Å². The molecule has 11 heteroatoms. The van der Waals surface area contributed by atoms with Gasteiger partial charge < -0.3 is 14.0 Å². The van der Waals surface area contributed by atoms with Crippen LogP contribution in [0.3, 0.4) is 0 Å². The summed E-state index contributed by atoms with van der Waals surface area (Å²) < 4.78 is 36.9. The zero-order valence-electron chi connectivity index (χ0n) is 18.5. The number of halogens is 1. The summed E-state index contributed by atoms with van der Waals surface area (Å²) in [6.07, 6.45) is 1.11. The molecular formula is C22H23ClN2O6S2. The average Bonchev–Trinajstić information content (AvgIpc) is 3.05. The number of hydrogen-bond donors (Lipinski definition) is 0. The second-order valence-corrected chi connectivity index (χ2v) is 11.1. The van der Waals surface area contributed by atoms with Crippen LogP contribution in [0.15, 0.2) is 52.4 Å². The molecule has 176 valence electrons. The Bertz CT molecular complexity index is 1370. The van der Waals surface area contributed by atoms with E-state index >= 15 is 0 Å². The first-order valence-corrected chi connectivity index (χ1v) is 13.0. The second-order valence-electron chi connectivity index (χ2n) is 7.66. The van der Waals surface area contributed by atoms with Crippen molar-refractivity contribution in [1.82, 2.24) is 4.57 Å². The van der Waals surface area contributed by atoms with Crippen molar-refractivity contribution in [3.8, 4) is 5.75 Å². The van der Waals surface area contributed by atoms with Crippen LogP contribution in [0.25, 0.3) is 10.2 Å². The highest BCUT2D eigenvalue weighted by Crippen LogP contribution is 2.24. The van der Waals surface area contributed by atoms with E-state index in [0.29, 0.717) is 21.0 Å². The quantitative estimate of drug-likeness (QED) is 0.450. The Balaban J connectivity index is 2.07. The lowest BCUT2D eigenvalue weighted by Crippen LogP contribution is -2.38. The van der Waals surface area contributed by atoms with E-state index < -0.39 is 27.3 Å².